The van der Waals surface area contributed by atoms with E-state index in [0.29, 0.717) is 24.0 Å². The van der Waals surface area contributed by atoms with Crippen molar-refractivity contribution in [1.29, 1.82) is 0 Å². The number of ether oxygens (including phenoxy) is 1. The second-order valence-electron chi connectivity index (χ2n) is 5.80. The van der Waals surface area contributed by atoms with E-state index >= 15 is 0 Å². The summed E-state index contributed by atoms with van der Waals surface area (Å²) in [6, 6.07) is 5.66. The molecule has 0 saturated heterocycles. The second kappa shape index (κ2) is 8.25. The van der Waals surface area contributed by atoms with E-state index in [9.17, 15) is 4.39 Å². The van der Waals surface area contributed by atoms with Gasteiger partial charge in [0.1, 0.15) is 0 Å². The Morgan fingerprint density at radius 1 is 1.25 bits per heavy atom. The van der Waals surface area contributed by atoms with Crippen molar-refractivity contribution in [2.24, 2.45) is 11.8 Å². The van der Waals surface area contributed by atoms with Gasteiger partial charge in [0, 0.05) is 6.04 Å². The predicted octanol–water partition coefficient (Wildman–Crippen LogP) is 4.04. The number of hydrogen-bond acceptors (Lipinski definition) is 2. The molecule has 1 aromatic carbocycles. The lowest BCUT2D eigenvalue weighted by Crippen LogP contribution is -2.39. The van der Waals surface area contributed by atoms with Gasteiger partial charge in [0.05, 0.1) is 7.11 Å². The Labute approximate surface area is 122 Å². The third-order valence-corrected chi connectivity index (χ3v) is 4.05. The molecule has 1 N–H and O–H groups in total. The van der Waals surface area contributed by atoms with Crippen molar-refractivity contribution in [3.8, 4) is 5.75 Å². The maximum Gasteiger partial charge on any atom is 0.168 e. The molecule has 0 amide bonds. The van der Waals surface area contributed by atoms with E-state index in [4.69, 9.17) is 4.74 Å². The second-order valence-corrected chi connectivity index (χ2v) is 5.80. The Morgan fingerprint density at radius 3 is 2.50 bits per heavy atom. The van der Waals surface area contributed by atoms with Crippen LogP contribution in [0.5, 0.6) is 5.75 Å². The molecule has 20 heavy (non-hydrogen) atoms. The standard InChI is InChI=1S/C17H28FNO/c1-6-10-19-15(13(4)12(2)3)11-14-8-7-9-16(20-5)17(14)18/h7-9,12-13,15,19H,6,10-11H2,1-5H3. The van der Waals surface area contributed by atoms with Crippen molar-refractivity contribution < 1.29 is 9.13 Å². The minimum Gasteiger partial charge on any atom is -0.494 e. The normalized spacial score (nSPS) is 14.3. The number of nitrogens with one attached hydrogen (secondary N) is 1. The zero-order chi connectivity index (χ0) is 15.1. The molecule has 2 nitrogen and oxygen atoms in total. The Kier molecular flexibility index (Phi) is 7.00. The highest BCUT2D eigenvalue weighted by Gasteiger charge is 2.22. The highest BCUT2D eigenvalue weighted by atomic mass is 19.1. The van der Waals surface area contributed by atoms with Gasteiger partial charge in [-0.15, -0.1) is 0 Å². The van der Waals surface area contributed by atoms with Crippen molar-refractivity contribution in [2.75, 3.05) is 13.7 Å². The molecule has 0 aliphatic carbocycles. The molecule has 3 heteroatoms. The third kappa shape index (κ3) is 4.48. The van der Waals surface area contributed by atoms with Crippen LogP contribution < -0.4 is 10.1 Å². The van der Waals surface area contributed by atoms with Crippen LogP contribution in [-0.4, -0.2) is 19.7 Å². The number of methoxy groups -OCH3 is 1. The summed E-state index contributed by atoms with van der Waals surface area (Å²) in [4.78, 5) is 0. The fourth-order valence-electron chi connectivity index (χ4n) is 2.35. The van der Waals surface area contributed by atoms with Crippen molar-refractivity contribution in [3.63, 3.8) is 0 Å². The van der Waals surface area contributed by atoms with Crippen molar-refractivity contribution in [1.82, 2.24) is 5.32 Å². The van der Waals surface area contributed by atoms with E-state index < -0.39 is 0 Å². The summed E-state index contributed by atoms with van der Waals surface area (Å²) in [6.07, 6.45) is 1.78. The molecule has 1 aromatic rings. The molecule has 0 heterocycles. The SMILES string of the molecule is CCCNC(Cc1cccc(OC)c1F)C(C)C(C)C. The highest BCUT2D eigenvalue weighted by molar-refractivity contribution is 5.31. The van der Waals surface area contributed by atoms with Crippen molar-refractivity contribution >= 4 is 0 Å². The van der Waals surface area contributed by atoms with Crippen LogP contribution in [0.1, 0.15) is 39.7 Å². The Bertz CT molecular complexity index is 406. The first kappa shape index (κ1) is 17.0. The van der Waals surface area contributed by atoms with Crippen LogP contribution in [0.15, 0.2) is 18.2 Å². The molecule has 0 saturated carbocycles. The minimum atomic E-state index is -0.228. The topological polar surface area (TPSA) is 21.3 Å². The summed E-state index contributed by atoms with van der Waals surface area (Å²) < 4.78 is 19.3. The lowest BCUT2D eigenvalue weighted by Gasteiger charge is -2.28. The molecular formula is C17H28FNO. The average molecular weight is 281 g/mol. The van der Waals surface area contributed by atoms with Crippen molar-refractivity contribution in [2.45, 2.75) is 46.6 Å². The first-order chi connectivity index (χ1) is 9.51. The summed E-state index contributed by atoms with van der Waals surface area (Å²) in [5.74, 6) is 1.16. The van der Waals surface area contributed by atoms with Crippen LogP contribution >= 0.6 is 0 Å². The van der Waals surface area contributed by atoms with Gasteiger partial charge in [0.25, 0.3) is 0 Å². The van der Waals surface area contributed by atoms with Gasteiger partial charge in [0.2, 0.25) is 0 Å². The molecule has 0 bridgehead atoms. The first-order valence-corrected chi connectivity index (χ1v) is 7.56. The molecule has 0 aliphatic heterocycles. The fraction of sp³-hybridized carbons (Fsp3) is 0.647. The largest absolute Gasteiger partial charge is 0.494 e. The van der Waals surface area contributed by atoms with Crippen LogP contribution in [0.25, 0.3) is 0 Å². The van der Waals surface area contributed by atoms with Crippen LogP contribution in [0.2, 0.25) is 0 Å². The van der Waals surface area contributed by atoms with Gasteiger partial charge in [-0.1, -0.05) is 39.8 Å². The smallest absolute Gasteiger partial charge is 0.168 e. The van der Waals surface area contributed by atoms with Crippen LogP contribution in [0.4, 0.5) is 4.39 Å². The monoisotopic (exact) mass is 281 g/mol. The quantitative estimate of drug-likeness (QED) is 0.776. The summed E-state index contributed by atoms with van der Waals surface area (Å²) in [7, 11) is 1.51. The molecule has 1 rings (SSSR count). The molecule has 114 valence electrons. The number of halogens is 1. The maximum atomic E-state index is 14.3. The number of hydrogen-bond donors (Lipinski definition) is 1. The average Bonchev–Trinajstić information content (AvgIpc) is 2.44. The molecule has 2 atom stereocenters. The fourth-order valence-corrected chi connectivity index (χ4v) is 2.35. The van der Waals surface area contributed by atoms with Gasteiger partial charge >= 0.3 is 0 Å². The molecule has 0 fully saturated rings. The molecule has 0 radical (unpaired) electrons. The van der Waals surface area contributed by atoms with Gasteiger partial charge in [-0.05, 0) is 42.9 Å². The van der Waals surface area contributed by atoms with E-state index in [1.165, 1.54) is 7.11 Å². The lowest BCUT2D eigenvalue weighted by molar-refractivity contribution is 0.294. The van der Waals surface area contributed by atoms with Gasteiger partial charge in [-0.25, -0.2) is 4.39 Å². The zero-order valence-corrected chi connectivity index (χ0v) is 13.4. The summed E-state index contributed by atoms with van der Waals surface area (Å²) in [5, 5.41) is 3.56. The van der Waals surface area contributed by atoms with Crippen molar-refractivity contribution in [3.05, 3.63) is 29.6 Å². The van der Waals surface area contributed by atoms with Gasteiger partial charge in [-0.3, -0.25) is 0 Å². The first-order valence-electron chi connectivity index (χ1n) is 7.56. The molecule has 2 unspecified atom stereocenters. The lowest BCUT2D eigenvalue weighted by atomic mass is 9.86. The predicted molar refractivity (Wildman–Crippen MR) is 82.7 cm³/mol. The molecule has 0 aliphatic rings. The van der Waals surface area contributed by atoms with Gasteiger partial charge in [0.15, 0.2) is 11.6 Å². The molecule has 0 aromatic heterocycles. The zero-order valence-electron chi connectivity index (χ0n) is 13.4. The van der Waals surface area contributed by atoms with Gasteiger partial charge < -0.3 is 10.1 Å². The van der Waals surface area contributed by atoms with E-state index in [1.807, 2.05) is 12.1 Å². The Hall–Kier alpha value is -1.09. The van der Waals surface area contributed by atoms with E-state index in [-0.39, 0.29) is 11.9 Å². The summed E-state index contributed by atoms with van der Waals surface area (Å²) in [6.45, 7) is 9.78. The molecular weight excluding hydrogens is 253 g/mol. The van der Waals surface area contributed by atoms with Crippen LogP contribution in [0, 0.1) is 17.7 Å². The third-order valence-electron chi connectivity index (χ3n) is 4.05. The Balaban J connectivity index is 2.88. The summed E-state index contributed by atoms with van der Waals surface area (Å²) in [5.41, 5.74) is 0.727. The van der Waals surface area contributed by atoms with E-state index in [1.54, 1.807) is 6.07 Å². The Morgan fingerprint density at radius 2 is 1.95 bits per heavy atom. The maximum absolute atomic E-state index is 14.3. The molecule has 0 spiro atoms. The van der Waals surface area contributed by atoms with Crippen LogP contribution in [-0.2, 0) is 6.42 Å². The van der Waals surface area contributed by atoms with Gasteiger partial charge in [-0.2, -0.15) is 0 Å². The van der Waals surface area contributed by atoms with Crippen LogP contribution in [0.3, 0.4) is 0 Å². The number of rotatable bonds is 8. The minimum absolute atomic E-state index is 0.228. The summed E-state index contributed by atoms with van der Waals surface area (Å²) >= 11 is 0. The highest BCUT2D eigenvalue weighted by Crippen LogP contribution is 2.24. The van der Waals surface area contributed by atoms with E-state index in [2.05, 4.69) is 33.0 Å². The number of benzene rings is 1. The van der Waals surface area contributed by atoms with E-state index in [0.717, 1.165) is 18.5 Å².